The number of alkyl carbamates (subject to hydrolysis) is 1. The molecule has 234 valence electrons. The number of carbonyl (C=O) groups excluding carboxylic acids is 3. The number of rotatable bonds is 19. The molecule has 2 N–H and O–H groups in total. The average molecular weight is 592 g/mol. The van der Waals surface area contributed by atoms with E-state index in [2.05, 4.69) is 30.5 Å². The van der Waals surface area contributed by atoms with Gasteiger partial charge in [-0.05, 0) is 77.0 Å². The molecule has 0 bridgehead atoms. The number of carbonyl (C=O) groups is 3. The second-order valence-corrected chi connectivity index (χ2v) is 13.0. The number of hydrogen-bond acceptors (Lipinski definition) is 5. The van der Waals surface area contributed by atoms with Crippen LogP contribution in [0.1, 0.15) is 122 Å². The van der Waals surface area contributed by atoms with Gasteiger partial charge < -0.3 is 20.3 Å². The molecule has 1 rings (SSSR count). The topological polar surface area (TPSA) is 87.7 Å². The highest BCUT2D eigenvalue weighted by atomic mass is 32.2. The predicted molar refractivity (Wildman–Crippen MR) is 172 cm³/mol. The molecule has 0 aliphatic rings. The maximum atomic E-state index is 14.4. The maximum absolute atomic E-state index is 14.4. The molecule has 0 aliphatic carbocycles. The Morgan fingerprint density at radius 1 is 0.951 bits per heavy atom. The lowest BCUT2D eigenvalue weighted by atomic mass is 9.96. The van der Waals surface area contributed by atoms with Crippen molar-refractivity contribution >= 4 is 29.7 Å². The normalized spacial score (nSPS) is 12.9. The molecule has 0 heterocycles. The van der Waals surface area contributed by atoms with E-state index in [0.717, 1.165) is 55.2 Å². The summed E-state index contributed by atoms with van der Waals surface area (Å²) < 4.78 is 5.51. The van der Waals surface area contributed by atoms with Crippen LogP contribution in [0.5, 0.6) is 0 Å². The van der Waals surface area contributed by atoms with Crippen molar-refractivity contribution in [2.45, 2.75) is 130 Å². The van der Waals surface area contributed by atoms with Crippen LogP contribution in [0, 0.1) is 13.8 Å². The molecule has 0 aliphatic heterocycles. The lowest BCUT2D eigenvalue weighted by Crippen LogP contribution is -2.53. The minimum atomic E-state index is -0.793. The number of hydrogen-bond donors (Lipinski definition) is 2. The van der Waals surface area contributed by atoms with Crippen LogP contribution >= 0.6 is 11.8 Å². The van der Waals surface area contributed by atoms with E-state index in [-0.39, 0.29) is 11.8 Å². The predicted octanol–water partition coefficient (Wildman–Crippen LogP) is 7.49. The number of aryl methyl sites for hydroxylation is 2. The summed E-state index contributed by atoms with van der Waals surface area (Å²) in [6, 6.07) is 4.46. The first-order chi connectivity index (χ1) is 19.4. The first-order valence-electron chi connectivity index (χ1n) is 15.6. The van der Waals surface area contributed by atoms with E-state index in [1.54, 1.807) is 37.4 Å². The smallest absolute Gasteiger partial charge is 0.408 e. The zero-order valence-corrected chi connectivity index (χ0v) is 27.9. The summed E-state index contributed by atoms with van der Waals surface area (Å²) in [7, 11) is 0. The molecule has 8 heteroatoms. The molecule has 2 atom stereocenters. The second kappa shape index (κ2) is 19.8. The number of thioether (sulfide) groups is 1. The van der Waals surface area contributed by atoms with Gasteiger partial charge in [0.05, 0.1) is 0 Å². The van der Waals surface area contributed by atoms with Gasteiger partial charge in [0.15, 0.2) is 0 Å². The zero-order chi connectivity index (χ0) is 30.8. The largest absolute Gasteiger partial charge is 0.444 e. The molecule has 7 nitrogen and oxygen atoms in total. The third-order valence-corrected chi connectivity index (χ3v) is 7.64. The first kappa shape index (κ1) is 36.8. The van der Waals surface area contributed by atoms with E-state index < -0.39 is 23.8 Å². The van der Waals surface area contributed by atoms with Crippen LogP contribution in [0.15, 0.2) is 18.2 Å². The third kappa shape index (κ3) is 14.5. The van der Waals surface area contributed by atoms with E-state index in [1.807, 2.05) is 32.2 Å². The van der Waals surface area contributed by atoms with Crippen molar-refractivity contribution in [3.63, 3.8) is 0 Å². The Morgan fingerprint density at radius 2 is 1.59 bits per heavy atom. The van der Waals surface area contributed by atoms with E-state index in [0.29, 0.717) is 25.3 Å². The fourth-order valence-corrected chi connectivity index (χ4v) is 5.31. The summed E-state index contributed by atoms with van der Waals surface area (Å²) in [4.78, 5) is 42.8. The van der Waals surface area contributed by atoms with Crippen LogP contribution in [0.3, 0.4) is 0 Å². The molecule has 3 amide bonds. The Labute approximate surface area is 254 Å². The molecule has 0 radical (unpaired) electrons. The highest BCUT2D eigenvalue weighted by molar-refractivity contribution is 7.98. The van der Waals surface area contributed by atoms with Crippen LogP contribution in [-0.4, -0.2) is 59.5 Å². The number of unbranched alkanes of at least 4 members (excludes halogenated alkanes) is 7. The first-order valence-corrected chi connectivity index (χ1v) is 17.0. The number of amides is 3. The van der Waals surface area contributed by atoms with Gasteiger partial charge in [-0.3, -0.25) is 9.59 Å². The highest BCUT2D eigenvalue weighted by Crippen LogP contribution is 2.28. The van der Waals surface area contributed by atoms with E-state index >= 15 is 0 Å². The number of benzene rings is 1. The highest BCUT2D eigenvalue weighted by Gasteiger charge is 2.36. The summed E-state index contributed by atoms with van der Waals surface area (Å²) in [5.41, 5.74) is 2.21. The molecular weight excluding hydrogens is 534 g/mol. The number of nitrogens with one attached hydrogen (secondary N) is 2. The van der Waals surface area contributed by atoms with E-state index in [9.17, 15) is 14.4 Å². The van der Waals surface area contributed by atoms with Crippen molar-refractivity contribution in [2.24, 2.45) is 0 Å². The maximum Gasteiger partial charge on any atom is 0.408 e. The zero-order valence-electron chi connectivity index (χ0n) is 27.1. The second-order valence-electron chi connectivity index (χ2n) is 12.0. The summed E-state index contributed by atoms with van der Waals surface area (Å²) in [6.45, 7) is 14.8. The Morgan fingerprint density at radius 3 is 2.20 bits per heavy atom. The quantitative estimate of drug-likeness (QED) is 0.163. The SMILES string of the molecule is CCCCCCCCN(C(=O)C(CCSC)NC(=O)OC(C)(C)C)C(C(=O)NCCCCC)c1ccc(C)cc1C. The Hall–Kier alpha value is -2.22. The molecule has 0 spiro atoms. The summed E-state index contributed by atoms with van der Waals surface area (Å²) >= 11 is 1.62. The van der Waals surface area contributed by atoms with Gasteiger partial charge in [-0.15, -0.1) is 0 Å². The fourth-order valence-electron chi connectivity index (χ4n) is 4.84. The standard InChI is InChI=1S/C33H57N3O4S/c1-9-11-13-14-15-17-22-36(31(38)28(20-23-41-8)35-32(39)40-33(5,6)7)29(30(37)34-21-16-12-10-2)27-19-18-25(3)24-26(27)4/h18-19,24,28-29H,9-17,20-23H2,1-8H3,(H,34,37)(H,35,39). The summed E-state index contributed by atoms with van der Waals surface area (Å²) in [5, 5.41) is 5.95. The van der Waals surface area contributed by atoms with Crippen LogP contribution in [-0.2, 0) is 14.3 Å². The molecular formula is C33H57N3O4S. The van der Waals surface area contributed by atoms with Crippen molar-refractivity contribution in [3.05, 3.63) is 34.9 Å². The van der Waals surface area contributed by atoms with E-state index in [1.165, 1.54) is 19.3 Å². The molecule has 0 fully saturated rings. The van der Waals surface area contributed by atoms with Gasteiger partial charge >= 0.3 is 6.09 Å². The fraction of sp³-hybridized carbons (Fsp3) is 0.727. The molecule has 0 saturated carbocycles. The minimum absolute atomic E-state index is 0.173. The summed E-state index contributed by atoms with van der Waals surface area (Å²) in [6.07, 6.45) is 11.2. The van der Waals surface area contributed by atoms with Crippen LogP contribution in [0.2, 0.25) is 0 Å². The van der Waals surface area contributed by atoms with Crippen molar-refractivity contribution in [2.75, 3.05) is 25.1 Å². The molecule has 2 unspecified atom stereocenters. The van der Waals surface area contributed by atoms with E-state index in [4.69, 9.17) is 4.74 Å². The minimum Gasteiger partial charge on any atom is -0.444 e. The van der Waals surface area contributed by atoms with Gasteiger partial charge in [0.2, 0.25) is 11.8 Å². The Kier molecular flexibility index (Phi) is 17.8. The Bertz CT molecular complexity index is 932. The molecule has 1 aromatic carbocycles. The summed E-state index contributed by atoms with van der Waals surface area (Å²) in [5.74, 6) is 0.273. The van der Waals surface area contributed by atoms with Crippen molar-refractivity contribution in [3.8, 4) is 0 Å². The van der Waals surface area contributed by atoms with Crippen molar-refractivity contribution in [1.82, 2.24) is 15.5 Å². The monoisotopic (exact) mass is 591 g/mol. The molecule has 0 saturated heterocycles. The average Bonchev–Trinajstić information content (AvgIpc) is 2.89. The lowest BCUT2D eigenvalue weighted by molar-refractivity contribution is -0.142. The third-order valence-electron chi connectivity index (χ3n) is 6.99. The van der Waals surface area contributed by atoms with Gasteiger partial charge in [-0.25, -0.2) is 4.79 Å². The number of ether oxygens (including phenoxy) is 1. The van der Waals surface area contributed by atoms with Crippen LogP contribution in [0.4, 0.5) is 4.79 Å². The molecule has 41 heavy (non-hydrogen) atoms. The molecule has 1 aromatic rings. The van der Waals surface area contributed by atoms with Gasteiger partial charge in [0, 0.05) is 13.1 Å². The Balaban J connectivity index is 3.45. The van der Waals surface area contributed by atoms with Gasteiger partial charge in [0.25, 0.3) is 0 Å². The van der Waals surface area contributed by atoms with Crippen molar-refractivity contribution < 1.29 is 19.1 Å². The number of nitrogens with zero attached hydrogens (tertiary/aromatic N) is 1. The van der Waals surface area contributed by atoms with Crippen molar-refractivity contribution in [1.29, 1.82) is 0 Å². The van der Waals surface area contributed by atoms with Crippen LogP contribution in [0.25, 0.3) is 0 Å². The van der Waals surface area contributed by atoms with Gasteiger partial charge in [-0.1, -0.05) is 82.6 Å². The van der Waals surface area contributed by atoms with Gasteiger partial charge in [-0.2, -0.15) is 11.8 Å². The van der Waals surface area contributed by atoms with Gasteiger partial charge in [0.1, 0.15) is 17.7 Å². The molecule has 0 aromatic heterocycles. The lowest BCUT2D eigenvalue weighted by Gasteiger charge is -2.35. The van der Waals surface area contributed by atoms with Crippen LogP contribution < -0.4 is 10.6 Å².